The summed E-state index contributed by atoms with van der Waals surface area (Å²) in [7, 11) is 0. The molecule has 0 fully saturated rings. The lowest BCUT2D eigenvalue weighted by molar-refractivity contribution is -0.678. The van der Waals surface area contributed by atoms with Crippen LogP contribution in [0.5, 0.6) is 0 Å². The molecule has 2 aromatic carbocycles. The number of fused-ring (bicyclic) bond motifs is 1. The first-order chi connectivity index (χ1) is 11.0. The first kappa shape index (κ1) is 19.6. The molecule has 0 saturated carbocycles. The van der Waals surface area contributed by atoms with Gasteiger partial charge >= 0.3 is 0 Å². The second kappa shape index (κ2) is 8.09. The Morgan fingerprint density at radius 2 is 1.71 bits per heavy atom. The van der Waals surface area contributed by atoms with Gasteiger partial charge in [-0.05, 0) is 30.7 Å². The third-order valence-corrected chi connectivity index (χ3v) is 5.07. The Kier molecular flexibility index (Phi) is 6.60. The van der Waals surface area contributed by atoms with Crippen LogP contribution in [0.1, 0.15) is 24.7 Å². The third-order valence-electron chi connectivity index (χ3n) is 4.13. The van der Waals surface area contributed by atoms with Gasteiger partial charge in [0.2, 0.25) is 0 Å². The average molecular weight is 449 g/mol. The van der Waals surface area contributed by atoms with E-state index in [1.165, 1.54) is 11.3 Å². The second-order valence-corrected chi connectivity index (χ2v) is 6.87. The molecule has 6 heteroatoms. The van der Waals surface area contributed by atoms with Crippen molar-refractivity contribution in [2.75, 3.05) is 0 Å². The van der Waals surface area contributed by atoms with Crippen LogP contribution in [0.25, 0.3) is 11.0 Å². The van der Waals surface area contributed by atoms with Gasteiger partial charge in [0.1, 0.15) is 6.54 Å². The molecule has 3 aromatic rings. The van der Waals surface area contributed by atoms with Crippen molar-refractivity contribution in [1.82, 2.24) is 4.57 Å². The molecule has 3 rings (SSSR count). The van der Waals surface area contributed by atoms with E-state index in [4.69, 9.17) is 34.8 Å². The maximum absolute atomic E-state index is 6.35. The fraction of sp³-hybridized carbons (Fsp3) is 0.278. The van der Waals surface area contributed by atoms with E-state index in [9.17, 15) is 0 Å². The smallest absolute Gasteiger partial charge is 0.254 e. The van der Waals surface area contributed by atoms with Crippen LogP contribution in [0.4, 0.5) is 0 Å². The van der Waals surface area contributed by atoms with Gasteiger partial charge < -0.3 is 17.0 Å². The summed E-state index contributed by atoms with van der Waals surface area (Å²) in [5, 5.41) is 2.09. The van der Waals surface area contributed by atoms with Crippen LogP contribution in [-0.2, 0) is 13.1 Å². The summed E-state index contributed by atoms with van der Waals surface area (Å²) in [6.07, 6.45) is 1.07. The van der Waals surface area contributed by atoms with E-state index < -0.39 is 0 Å². The van der Waals surface area contributed by atoms with Gasteiger partial charge in [0, 0.05) is 33.6 Å². The molecule has 0 bridgehead atoms. The normalized spacial score (nSPS) is 10.9. The largest absolute Gasteiger partial charge is 1.00 e. The van der Waals surface area contributed by atoms with Crippen LogP contribution >= 0.6 is 34.8 Å². The number of hydrogen-bond acceptors (Lipinski definition) is 0. The number of imidazole rings is 1. The van der Waals surface area contributed by atoms with E-state index in [0.717, 1.165) is 29.1 Å². The molecule has 0 spiro atoms. The first-order valence-electron chi connectivity index (χ1n) is 7.64. The van der Waals surface area contributed by atoms with Gasteiger partial charge in [-0.25, -0.2) is 9.13 Å². The van der Waals surface area contributed by atoms with Gasteiger partial charge in [0.05, 0.1) is 6.54 Å². The number of hydrogen-bond donors (Lipinski definition) is 0. The SMILES string of the molecule is CCC[n+]1c(C)n(Cc2c(Cl)cccc2Cl)c2cc(Cl)ccc21.[Br-]. The fourth-order valence-electron chi connectivity index (χ4n) is 2.98. The van der Waals surface area contributed by atoms with Gasteiger partial charge in [0.25, 0.3) is 5.82 Å². The fourth-order valence-corrected chi connectivity index (χ4v) is 3.67. The molecule has 1 heterocycles. The molecule has 128 valence electrons. The average Bonchev–Trinajstić information content (AvgIpc) is 2.76. The van der Waals surface area contributed by atoms with Gasteiger partial charge in [-0.1, -0.05) is 47.8 Å². The zero-order valence-corrected chi connectivity index (χ0v) is 17.3. The van der Waals surface area contributed by atoms with Crippen LogP contribution in [0.15, 0.2) is 36.4 Å². The topological polar surface area (TPSA) is 8.81 Å². The van der Waals surface area contributed by atoms with Crippen LogP contribution < -0.4 is 21.5 Å². The number of aryl methyl sites for hydroxylation is 1. The van der Waals surface area contributed by atoms with Crippen LogP contribution in [0.2, 0.25) is 15.1 Å². The van der Waals surface area contributed by atoms with Gasteiger partial charge in [-0.2, -0.15) is 0 Å². The lowest BCUT2D eigenvalue weighted by Gasteiger charge is -2.06. The highest BCUT2D eigenvalue weighted by Gasteiger charge is 2.23. The molecule has 0 aliphatic heterocycles. The first-order valence-corrected chi connectivity index (χ1v) is 8.77. The van der Waals surface area contributed by atoms with Crippen LogP contribution in [0, 0.1) is 6.92 Å². The maximum Gasteiger partial charge on any atom is 0.254 e. The van der Waals surface area contributed by atoms with Crippen molar-refractivity contribution in [2.24, 2.45) is 0 Å². The van der Waals surface area contributed by atoms with Crippen LogP contribution in [-0.4, -0.2) is 4.57 Å². The molecule has 0 N–H and O–H groups in total. The summed E-state index contributed by atoms with van der Waals surface area (Å²) < 4.78 is 4.54. The summed E-state index contributed by atoms with van der Waals surface area (Å²) in [6, 6.07) is 11.6. The highest BCUT2D eigenvalue weighted by atomic mass is 79.9. The van der Waals surface area contributed by atoms with Crippen molar-refractivity contribution < 1.29 is 21.5 Å². The maximum atomic E-state index is 6.35. The molecule has 0 unspecified atom stereocenters. The Balaban J connectivity index is 0.00000208. The summed E-state index contributed by atoms with van der Waals surface area (Å²) in [6.45, 7) is 5.88. The molecular weight excluding hydrogens is 430 g/mol. The Hall–Kier alpha value is -0.740. The summed E-state index contributed by atoms with van der Waals surface area (Å²) in [4.78, 5) is 0. The van der Waals surface area contributed by atoms with Crippen molar-refractivity contribution in [3.05, 3.63) is 62.9 Å². The van der Waals surface area contributed by atoms with Crippen molar-refractivity contribution in [3.63, 3.8) is 0 Å². The number of nitrogens with zero attached hydrogens (tertiary/aromatic N) is 2. The van der Waals surface area contributed by atoms with Crippen molar-refractivity contribution in [2.45, 2.75) is 33.4 Å². The highest BCUT2D eigenvalue weighted by Crippen LogP contribution is 2.28. The lowest BCUT2D eigenvalue weighted by atomic mass is 10.2. The Morgan fingerprint density at radius 1 is 1.04 bits per heavy atom. The van der Waals surface area contributed by atoms with Crippen molar-refractivity contribution in [3.8, 4) is 0 Å². The third kappa shape index (κ3) is 3.60. The zero-order valence-electron chi connectivity index (χ0n) is 13.5. The lowest BCUT2D eigenvalue weighted by Crippen LogP contribution is -3.00. The van der Waals surface area contributed by atoms with Gasteiger partial charge in [-0.15, -0.1) is 0 Å². The van der Waals surface area contributed by atoms with E-state index in [-0.39, 0.29) is 17.0 Å². The Labute approximate surface area is 167 Å². The van der Waals surface area contributed by atoms with Crippen molar-refractivity contribution >= 4 is 45.8 Å². The summed E-state index contributed by atoms with van der Waals surface area (Å²) in [5.74, 6) is 1.17. The molecule has 0 aliphatic rings. The van der Waals surface area contributed by atoms with E-state index >= 15 is 0 Å². The predicted molar refractivity (Wildman–Crippen MR) is 97.7 cm³/mol. The highest BCUT2D eigenvalue weighted by molar-refractivity contribution is 6.36. The van der Waals surface area contributed by atoms with Gasteiger partial charge in [-0.3, -0.25) is 0 Å². The minimum Gasteiger partial charge on any atom is -1.00 e. The monoisotopic (exact) mass is 446 g/mol. The minimum absolute atomic E-state index is 0. The molecule has 24 heavy (non-hydrogen) atoms. The summed E-state index contributed by atoms with van der Waals surface area (Å²) in [5.41, 5.74) is 3.20. The minimum atomic E-state index is 0. The van der Waals surface area contributed by atoms with Gasteiger partial charge in [0.15, 0.2) is 11.0 Å². The number of benzene rings is 2. The predicted octanol–water partition coefficient (Wildman–Crippen LogP) is 2.66. The number of halogens is 4. The number of aromatic nitrogens is 2. The van der Waals surface area contributed by atoms with Crippen LogP contribution in [0.3, 0.4) is 0 Å². The molecule has 0 atom stereocenters. The standard InChI is InChI=1S/C18H18Cl3N2.BrH/c1-3-9-22-12(2)23(18-10-13(19)7-8-17(18)22)11-14-15(20)5-4-6-16(14)21;/h4-8,10H,3,9,11H2,1-2H3;1H/q+1;/p-1. The quantitative estimate of drug-likeness (QED) is 0.543. The molecule has 2 nitrogen and oxygen atoms in total. The molecule has 0 aliphatic carbocycles. The van der Waals surface area contributed by atoms with Crippen molar-refractivity contribution in [1.29, 1.82) is 0 Å². The Morgan fingerprint density at radius 3 is 2.33 bits per heavy atom. The number of rotatable bonds is 4. The van der Waals surface area contributed by atoms with E-state index in [1.807, 2.05) is 30.3 Å². The van der Waals surface area contributed by atoms with E-state index in [1.54, 1.807) is 0 Å². The Bertz CT molecular complexity index is 854. The second-order valence-electron chi connectivity index (χ2n) is 5.62. The van der Waals surface area contributed by atoms with E-state index in [2.05, 4.69) is 29.0 Å². The molecular formula is C18H18BrCl3N2. The molecule has 0 saturated heterocycles. The molecule has 0 radical (unpaired) electrons. The molecule has 0 amide bonds. The summed E-state index contributed by atoms with van der Waals surface area (Å²) >= 11 is 18.9. The zero-order chi connectivity index (χ0) is 16.6. The molecule has 1 aromatic heterocycles. The van der Waals surface area contributed by atoms with E-state index in [0.29, 0.717) is 16.6 Å².